The second-order valence-electron chi connectivity index (χ2n) is 3.61. The summed E-state index contributed by atoms with van der Waals surface area (Å²) in [4.78, 5) is 25.6. The van der Waals surface area contributed by atoms with E-state index in [0.717, 1.165) is 23.1 Å². The van der Waals surface area contributed by atoms with Crippen LogP contribution in [-0.4, -0.2) is 32.4 Å². The van der Waals surface area contributed by atoms with Crippen LogP contribution in [0.25, 0.3) is 10.2 Å². The molecule has 0 saturated heterocycles. The maximum absolute atomic E-state index is 13.5. The molecule has 2 rings (SSSR count). The largest absolute Gasteiger partial charge is 0.481 e. The molecule has 2 aromatic rings. The number of nitrogens with zero attached hydrogens (tertiary/aromatic N) is 1. The normalized spacial score (nSPS) is 12.5. The van der Waals surface area contributed by atoms with Crippen LogP contribution in [0.2, 0.25) is 0 Å². The Labute approximate surface area is 115 Å². The number of thioether (sulfide) groups is 1. The number of carbonyl (C=O) groups is 2. The first-order valence-corrected chi connectivity index (χ1v) is 6.83. The highest BCUT2D eigenvalue weighted by Crippen LogP contribution is 2.34. The van der Waals surface area contributed by atoms with E-state index in [2.05, 4.69) is 4.98 Å². The first-order chi connectivity index (χ1) is 8.97. The zero-order chi connectivity index (χ0) is 14.0. The topological polar surface area (TPSA) is 87.5 Å². The predicted octanol–water partition coefficient (Wildman–Crippen LogP) is 2.46. The Bertz CT molecular complexity index is 643. The second-order valence-corrected chi connectivity index (χ2v) is 6.06. The van der Waals surface area contributed by atoms with Gasteiger partial charge in [0.05, 0.1) is 16.6 Å². The first-order valence-electron chi connectivity index (χ1n) is 5.13. The van der Waals surface area contributed by atoms with Crippen LogP contribution in [0.15, 0.2) is 22.5 Å². The highest BCUT2D eigenvalue weighted by atomic mass is 32.2. The van der Waals surface area contributed by atoms with E-state index in [0.29, 0.717) is 14.6 Å². The van der Waals surface area contributed by atoms with E-state index in [4.69, 9.17) is 10.2 Å². The van der Waals surface area contributed by atoms with Gasteiger partial charge in [-0.15, -0.1) is 11.3 Å². The fraction of sp³-hybridized carbons (Fsp3) is 0.182. The van der Waals surface area contributed by atoms with Gasteiger partial charge in [0, 0.05) is 0 Å². The molecule has 2 N–H and O–H groups in total. The number of rotatable bonds is 5. The van der Waals surface area contributed by atoms with Crippen LogP contribution in [0, 0.1) is 5.82 Å². The van der Waals surface area contributed by atoms with Crippen LogP contribution in [-0.2, 0) is 9.59 Å². The molecule has 0 amide bonds. The van der Waals surface area contributed by atoms with Crippen molar-refractivity contribution in [2.75, 3.05) is 0 Å². The average Bonchev–Trinajstić information content (AvgIpc) is 2.71. The lowest BCUT2D eigenvalue weighted by Gasteiger charge is -2.06. The van der Waals surface area contributed by atoms with Crippen LogP contribution in [0.1, 0.15) is 6.42 Å². The van der Waals surface area contributed by atoms with Crippen molar-refractivity contribution in [1.82, 2.24) is 4.98 Å². The quantitative estimate of drug-likeness (QED) is 0.825. The zero-order valence-corrected chi connectivity index (χ0v) is 11.0. The summed E-state index contributed by atoms with van der Waals surface area (Å²) in [6, 6.07) is 4.42. The van der Waals surface area contributed by atoms with Crippen LogP contribution in [0.3, 0.4) is 0 Å². The number of fused-ring (bicyclic) bond motifs is 1. The van der Waals surface area contributed by atoms with Gasteiger partial charge in [-0.05, 0) is 12.1 Å². The number of halogens is 1. The van der Waals surface area contributed by atoms with Gasteiger partial charge < -0.3 is 10.2 Å². The highest BCUT2D eigenvalue weighted by molar-refractivity contribution is 8.02. The molecule has 0 aliphatic rings. The molecule has 1 atom stereocenters. The van der Waals surface area contributed by atoms with E-state index in [1.54, 1.807) is 6.07 Å². The second kappa shape index (κ2) is 5.54. The van der Waals surface area contributed by atoms with Crippen molar-refractivity contribution in [3.63, 3.8) is 0 Å². The van der Waals surface area contributed by atoms with Gasteiger partial charge in [-0.3, -0.25) is 9.59 Å². The van der Waals surface area contributed by atoms with E-state index in [9.17, 15) is 14.0 Å². The Morgan fingerprint density at radius 2 is 2.16 bits per heavy atom. The van der Waals surface area contributed by atoms with Gasteiger partial charge in [-0.25, -0.2) is 9.37 Å². The Morgan fingerprint density at radius 3 is 2.74 bits per heavy atom. The van der Waals surface area contributed by atoms with Crippen LogP contribution < -0.4 is 0 Å². The Kier molecular flexibility index (Phi) is 4.01. The van der Waals surface area contributed by atoms with Gasteiger partial charge in [0.25, 0.3) is 0 Å². The molecule has 8 heteroatoms. The summed E-state index contributed by atoms with van der Waals surface area (Å²) in [6.45, 7) is 0. The van der Waals surface area contributed by atoms with E-state index in [1.807, 2.05) is 0 Å². The number of aromatic nitrogens is 1. The van der Waals surface area contributed by atoms with Gasteiger partial charge in [0.2, 0.25) is 0 Å². The molecule has 0 aliphatic heterocycles. The molecule has 19 heavy (non-hydrogen) atoms. The smallest absolute Gasteiger partial charge is 0.317 e. The van der Waals surface area contributed by atoms with Crippen molar-refractivity contribution in [3.8, 4) is 0 Å². The summed E-state index contributed by atoms with van der Waals surface area (Å²) in [7, 11) is 0. The maximum Gasteiger partial charge on any atom is 0.317 e. The predicted molar refractivity (Wildman–Crippen MR) is 69.1 cm³/mol. The fourth-order valence-corrected chi connectivity index (χ4v) is 3.62. The molecule has 100 valence electrons. The Morgan fingerprint density at radius 1 is 1.42 bits per heavy atom. The van der Waals surface area contributed by atoms with Gasteiger partial charge in [-0.1, -0.05) is 17.8 Å². The van der Waals surface area contributed by atoms with Crippen molar-refractivity contribution in [2.45, 2.75) is 16.0 Å². The minimum absolute atomic E-state index is 0.337. The molecule has 0 fully saturated rings. The van der Waals surface area contributed by atoms with E-state index >= 15 is 0 Å². The van der Waals surface area contributed by atoms with E-state index in [1.165, 1.54) is 12.1 Å². The molecule has 1 aromatic carbocycles. The average molecular weight is 301 g/mol. The number of aliphatic carboxylic acids is 2. The molecule has 1 heterocycles. The standard InChI is InChI=1S/C11H8FNO4S2/c12-5-2-1-3-6-9(5)19-11(13-6)18-7(10(16)17)4-8(14)15/h1-3,7H,4H2,(H,14,15)(H,16,17). The number of benzene rings is 1. The molecule has 0 radical (unpaired) electrons. The number of hydrogen-bond acceptors (Lipinski definition) is 5. The van der Waals surface area contributed by atoms with Crippen molar-refractivity contribution in [2.24, 2.45) is 0 Å². The third-order valence-corrected chi connectivity index (χ3v) is 4.58. The van der Waals surface area contributed by atoms with Crippen LogP contribution in [0.5, 0.6) is 0 Å². The van der Waals surface area contributed by atoms with Crippen LogP contribution >= 0.6 is 23.1 Å². The van der Waals surface area contributed by atoms with Crippen molar-refractivity contribution >= 4 is 45.3 Å². The molecular formula is C11H8FNO4S2. The maximum atomic E-state index is 13.5. The third-order valence-electron chi connectivity index (χ3n) is 2.23. The molecule has 1 unspecified atom stereocenters. The number of thiazole rings is 1. The summed E-state index contributed by atoms with van der Waals surface area (Å²) in [5, 5.41) is 16.4. The van der Waals surface area contributed by atoms with Crippen molar-refractivity contribution in [3.05, 3.63) is 24.0 Å². The lowest BCUT2D eigenvalue weighted by molar-refractivity contribution is -0.142. The van der Waals surface area contributed by atoms with Gasteiger partial charge in [0.1, 0.15) is 11.1 Å². The van der Waals surface area contributed by atoms with Crippen molar-refractivity contribution in [1.29, 1.82) is 0 Å². The van der Waals surface area contributed by atoms with E-state index < -0.39 is 29.4 Å². The Balaban J connectivity index is 2.26. The minimum atomic E-state index is -1.23. The number of carboxylic acids is 2. The Hall–Kier alpha value is -1.67. The highest BCUT2D eigenvalue weighted by Gasteiger charge is 2.24. The lowest BCUT2D eigenvalue weighted by Crippen LogP contribution is -2.20. The number of carboxylic acid groups (broad SMARTS) is 2. The molecule has 0 saturated carbocycles. The lowest BCUT2D eigenvalue weighted by atomic mass is 10.3. The summed E-state index contributed by atoms with van der Waals surface area (Å²) < 4.78 is 14.1. The molecular weight excluding hydrogens is 293 g/mol. The van der Waals surface area contributed by atoms with Gasteiger partial charge in [0.15, 0.2) is 4.34 Å². The summed E-state index contributed by atoms with van der Waals surface area (Å²) in [5.41, 5.74) is 0.437. The zero-order valence-electron chi connectivity index (χ0n) is 9.37. The first kappa shape index (κ1) is 13.8. The van der Waals surface area contributed by atoms with Crippen molar-refractivity contribution < 1.29 is 24.2 Å². The molecule has 0 bridgehead atoms. The summed E-state index contributed by atoms with van der Waals surface area (Å²) in [6.07, 6.45) is -0.515. The fourth-order valence-electron chi connectivity index (χ4n) is 1.41. The summed E-state index contributed by atoms with van der Waals surface area (Å²) >= 11 is 1.84. The summed E-state index contributed by atoms with van der Waals surface area (Å²) in [5.74, 6) is -2.86. The van der Waals surface area contributed by atoms with Gasteiger partial charge >= 0.3 is 11.9 Å². The SMILES string of the molecule is O=C(O)CC(Sc1nc2cccc(F)c2s1)C(=O)O. The molecule has 1 aromatic heterocycles. The van der Waals surface area contributed by atoms with Gasteiger partial charge in [-0.2, -0.15) is 0 Å². The van der Waals surface area contributed by atoms with Crippen LogP contribution in [0.4, 0.5) is 4.39 Å². The number of hydrogen-bond donors (Lipinski definition) is 2. The monoisotopic (exact) mass is 301 g/mol. The van der Waals surface area contributed by atoms with E-state index in [-0.39, 0.29) is 0 Å². The minimum Gasteiger partial charge on any atom is -0.481 e. The molecule has 0 spiro atoms. The molecule has 0 aliphatic carbocycles. The molecule has 5 nitrogen and oxygen atoms in total. The third kappa shape index (κ3) is 3.21.